The molecule has 2 aromatic heterocycles. The Morgan fingerprint density at radius 3 is 3.10 bits per heavy atom. The molecule has 102 valence electrons. The minimum atomic E-state index is -0.359. The van der Waals surface area contributed by atoms with E-state index in [1.54, 1.807) is 25.1 Å². The number of carbonyl (C=O) groups excluding carboxylic acids is 1. The molecule has 20 heavy (non-hydrogen) atoms. The van der Waals surface area contributed by atoms with Gasteiger partial charge in [0, 0.05) is 12.3 Å². The summed E-state index contributed by atoms with van der Waals surface area (Å²) in [7, 11) is 0. The number of carbonyl (C=O) groups is 1. The van der Waals surface area contributed by atoms with Gasteiger partial charge in [0.15, 0.2) is 5.76 Å². The molecule has 0 aromatic carbocycles. The fourth-order valence-electron chi connectivity index (χ4n) is 1.57. The summed E-state index contributed by atoms with van der Waals surface area (Å²) < 4.78 is 5.00. The molecule has 2 rings (SSSR count). The lowest BCUT2D eigenvalue weighted by Gasteiger charge is -2.03. The van der Waals surface area contributed by atoms with Crippen LogP contribution in [0.5, 0.6) is 0 Å². The summed E-state index contributed by atoms with van der Waals surface area (Å²) in [6.07, 6.45) is 1.51. The van der Waals surface area contributed by atoms with Crippen molar-refractivity contribution in [2.45, 2.75) is 13.5 Å². The van der Waals surface area contributed by atoms with Crippen molar-refractivity contribution in [2.24, 2.45) is 0 Å². The second-order valence-electron chi connectivity index (χ2n) is 3.98. The zero-order chi connectivity index (χ0) is 14.4. The lowest BCUT2D eigenvalue weighted by atomic mass is 10.2. The molecule has 0 aliphatic rings. The number of pyridine rings is 1. The zero-order valence-corrected chi connectivity index (χ0v) is 10.9. The molecule has 0 atom stereocenters. The number of hydrogen-bond acceptors (Lipinski definition) is 5. The van der Waals surface area contributed by atoms with Crippen molar-refractivity contribution in [1.29, 1.82) is 0 Å². The minimum Gasteiger partial charge on any atom is -0.384 e. The van der Waals surface area contributed by atoms with Gasteiger partial charge in [0.25, 0.3) is 5.91 Å². The van der Waals surface area contributed by atoms with Gasteiger partial charge in [-0.2, -0.15) is 0 Å². The molecule has 2 heterocycles. The monoisotopic (exact) mass is 271 g/mol. The third kappa shape index (κ3) is 3.43. The molecule has 2 N–H and O–H groups in total. The van der Waals surface area contributed by atoms with Crippen molar-refractivity contribution in [2.75, 3.05) is 6.61 Å². The number of aromatic nitrogens is 2. The van der Waals surface area contributed by atoms with Gasteiger partial charge in [-0.15, -0.1) is 0 Å². The number of hydrogen-bond donors (Lipinski definition) is 2. The van der Waals surface area contributed by atoms with Crippen LogP contribution in [0.25, 0.3) is 0 Å². The van der Waals surface area contributed by atoms with Crippen LogP contribution in [0.1, 0.15) is 27.5 Å². The Kier molecular flexibility index (Phi) is 4.47. The van der Waals surface area contributed by atoms with E-state index in [2.05, 4.69) is 27.3 Å². The summed E-state index contributed by atoms with van der Waals surface area (Å²) in [6, 6.07) is 5.09. The minimum absolute atomic E-state index is 0.213. The molecule has 0 saturated heterocycles. The smallest absolute Gasteiger partial charge is 0.271 e. The van der Waals surface area contributed by atoms with Gasteiger partial charge in [-0.25, -0.2) is 4.98 Å². The molecule has 0 bridgehead atoms. The van der Waals surface area contributed by atoms with Gasteiger partial charge in [-0.1, -0.05) is 17.0 Å². The third-order valence-electron chi connectivity index (χ3n) is 2.42. The summed E-state index contributed by atoms with van der Waals surface area (Å²) in [6.45, 7) is 1.76. The Morgan fingerprint density at radius 1 is 1.55 bits per heavy atom. The van der Waals surface area contributed by atoms with Crippen LogP contribution in [-0.2, 0) is 6.54 Å². The van der Waals surface area contributed by atoms with Crippen LogP contribution >= 0.6 is 0 Å². The first-order valence-electron chi connectivity index (χ1n) is 5.96. The molecule has 1 amide bonds. The van der Waals surface area contributed by atoms with Crippen LogP contribution in [0.15, 0.2) is 28.9 Å². The fourth-order valence-corrected chi connectivity index (χ4v) is 1.57. The quantitative estimate of drug-likeness (QED) is 0.800. The molecular formula is C14H13N3O3. The normalized spacial score (nSPS) is 9.70. The molecule has 2 aromatic rings. The maximum absolute atomic E-state index is 12.0. The van der Waals surface area contributed by atoms with E-state index < -0.39 is 0 Å². The molecule has 0 spiro atoms. The summed E-state index contributed by atoms with van der Waals surface area (Å²) in [5.74, 6) is 5.39. The first-order chi connectivity index (χ1) is 9.70. The van der Waals surface area contributed by atoms with E-state index in [9.17, 15) is 4.79 Å². The Hall–Kier alpha value is -2.65. The number of aliphatic hydroxyl groups excluding tert-OH is 1. The number of aryl methyl sites for hydroxylation is 1. The molecule has 0 fully saturated rings. The van der Waals surface area contributed by atoms with Gasteiger partial charge in [-0.05, 0) is 19.1 Å². The predicted molar refractivity (Wildman–Crippen MR) is 70.6 cm³/mol. The lowest BCUT2D eigenvalue weighted by molar-refractivity contribution is 0.0942. The molecule has 0 aliphatic carbocycles. The van der Waals surface area contributed by atoms with Gasteiger partial charge in [-0.3, -0.25) is 4.79 Å². The number of nitrogens with zero attached hydrogens (tertiary/aromatic N) is 2. The molecule has 0 aliphatic heterocycles. The number of amides is 1. The van der Waals surface area contributed by atoms with Crippen molar-refractivity contribution in [3.63, 3.8) is 0 Å². The Labute approximate surface area is 115 Å². The van der Waals surface area contributed by atoms with Gasteiger partial charge < -0.3 is 14.9 Å². The topological polar surface area (TPSA) is 88.2 Å². The highest BCUT2D eigenvalue weighted by molar-refractivity contribution is 5.94. The molecular weight excluding hydrogens is 258 g/mol. The van der Waals surface area contributed by atoms with Crippen molar-refractivity contribution in [3.8, 4) is 11.8 Å². The SMILES string of the molecule is Cc1cc(CNC(=O)c2ncccc2C#CCO)on1. The highest BCUT2D eigenvalue weighted by Gasteiger charge is 2.12. The van der Waals surface area contributed by atoms with E-state index in [0.717, 1.165) is 5.69 Å². The summed E-state index contributed by atoms with van der Waals surface area (Å²) in [5.41, 5.74) is 1.43. The number of aliphatic hydroxyl groups is 1. The summed E-state index contributed by atoms with van der Waals surface area (Å²) in [5, 5.41) is 15.1. The predicted octanol–water partition coefficient (Wildman–Crippen LogP) is 0.652. The van der Waals surface area contributed by atoms with Crippen LogP contribution in [0, 0.1) is 18.8 Å². The number of rotatable bonds is 3. The fraction of sp³-hybridized carbons (Fsp3) is 0.214. The van der Waals surface area contributed by atoms with Gasteiger partial charge in [0.05, 0.1) is 17.8 Å². The average Bonchev–Trinajstić information content (AvgIpc) is 2.88. The second kappa shape index (κ2) is 6.50. The van der Waals surface area contributed by atoms with E-state index >= 15 is 0 Å². The van der Waals surface area contributed by atoms with Crippen molar-refractivity contribution in [3.05, 3.63) is 47.1 Å². The van der Waals surface area contributed by atoms with E-state index in [0.29, 0.717) is 11.3 Å². The molecule has 6 heteroatoms. The van der Waals surface area contributed by atoms with Crippen molar-refractivity contribution < 1.29 is 14.4 Å². The van der Waals surface area contributed by atoms with Crippen LogP contribution in [0.3, 0.4) is 0 Å². The summed E-state index contributed by atoms with van der Waals surface area (Å²) >= 11 is 0. The van der Waals surface area contributed by atoms with E-state index in [1.165, 1.54) is 6.20 Å². The zero-order valence-electron chi connectivity index (χ0n) is 10.9. The standard InChI is InChI=1S/C14H13N3O3/c1-10-8-12(20-17-10)9-16-14(19)13-11(5-3-7-18)4-2-6-15-13/h2,4,6,8,18H,7,9H2,1H3,(H,16,19). The second-order valence-corrected chi connectivity index (χ2v) is 3.98. The number of nitrogens with one attached hydrogen (secondary N) is 1. The highest BCUT2D eigenvalue weighted by Crippen LogP contribution is 2.05. The van der Waals surface area contributed by atoms with Crippen LogP contribution in [0.4, 0.5) is 0 Å². The Bertz CT molecular complexity index is 668. The molecule has 0 radical (unpaired) electrons. The van der Waals surface area contributed by atoms with Gasteiger partial charge >= 0.3 is 0 Å². The first-order valence-corrected chi connectivity index (χ1v) is 5.96. The van der Waals surface area contributed by atoms with Crippen molar-refractivity contribution in [1.82, 2.24) is 15.5 Å². The van der Waals surface area contributed by atoms with Gasteiger partial charge in [0.1, 0.15) is 12.3 Å². The maximum atomic E-state index is 12.0. The molecule has 0 saturated carbocycles. The molecule has 6 nitrogen and oxygen atoms in total. The average molecular weight is 271 g/mol. The molecule has 0 unspecified atom stereocenters. The van der Waals surface area contributed by atoms with Gasteiger partial charge in [0.2, 0.25) is 0 Å². The van der Waals surface area contributed by atoms with Crippen LogP contribution in [-0.4, -0.2) is 27.8 Å². The Balaban J connectivity index is 2.09. The van der Waals surface area contributed by atoms with E-state index in [1.807, 2.05) is 0 Å². The van der Waals surface area contributed by atoms with E-state index in [4.69, 9.17) is 9.63 Å². The largest absolute Gasteiger partial charge is 0.384 e. The third-order valence-corrected chi connectivity index (χ3v) is 2.42. The van der Waals surface area contributed by atoms with E-state index in [-0.39, 0.29) is 24.8 Å². The summed E-state index contributed by atoms with van der Waals surface area (Å²) in [4.78, 5) is 16.0. The lowest BCUT2D eigenvalue weighted by Crippen LogP contribution is -2.24. The van der Waals surface area contributed by atoms with Crippen LogP contribution in [0.2, 0.25) is 0 Å². The highest BCUT2D eigenvalue weighted by atomic mass is 16.5. The first kappa shape index (κ1) is 13.8. The Morgan fingerprint density at radius 2 is 2.40 bits per heavy atom. The van der Waals surface area contributed by atoms with Crippen LogP contribution < -0.4 is 5.32 Å². The maximum Gasteiger partial charge on any atom is 0.271 e. The van der Waals surface area contributed by atoms with Crippen molar-refractivity contribution >= 4 is 5.91 Å².